The SMILES string of the molecule is CCC(C)(C)NC(=O)[C@@H](c1ccc(O)cc1)N(Cc1ccc(C)cc1)C(=O)Cn1nnc2ccccc21. The van der Waals surface area contributed by atoms with Crippen LogP contribution in [0, 0.1) is 6.92 Å². The molecule has 37 heavy (non-hydrogen) atoms. The molecule has 0 spiro atoms. The van der Waals surface area contributed by atoms with E-state index in [0.717, 1.165) is 23.1 Å². The van der Waals surface area contributed by atoms with Crippen molar-refractivity contribution in [2.75, 3.05) is 0 Å². The zero-order valence-corrected chi connectivity index (χ0v) is 21.7. The van der Waals surface area contributed by atoms with E-state index in [1.807, 2.05) is 76.2 Å². The van der Waals surface area contributed by atoms with Gasteiger partial charge in [-0.15, -0.1) is 5.10 Å². The average molecular weight is 500 g/mol. The second-order valence-electron chi connectivity index (χ2n) is 9.96. The Morgan fingerprint density at radius 3 is 2.38 bits per heavy atom. The van der Waals surface area contributed by atoms with Crippen LogP contribution in [0.4, 0.5) is 0 Å². The number of carbonyl (C=O) groups excluding carboxylic acids is 2. The number of aryl methyl sites for hydroxylation is 1. The Morgan fingerprint density at radius 2 is 1.70 bits per heavy atom. The van der Waals surface area contributed by atoms with E-state index >= 15 is 0 Å². The summed E-state index contributed by atoms with van der Waals surface area (Å²) in [5, 5.41) is 21.3. The van der Waals surface area contributed by atoms with E-state index in [9.17, 15) is 14.7 Å². The van der Waals surface area contributed by atoms with Crippen molar-refractivity contribution in [1.82, 2.24) is 25.2 Å². The number of nitrogens with zero attached hydrogens (tertiary/aromatic N) is 4. The van der Waals surface area contributed by atoms with Gasteiger partial charge in [0.1, 0.15) is 23.9 Å². The minimum Gasteiger partial charge on any atom is -0.508 e. The van der Waals surface area contributed by atoms with Crippen LogP contribution in [0.5, 0.6) is 5.75 Å². The van der Waals surface area contributed by atoms with Crippen LogP contribution in [0.15, 0.2) is 72.8 Å². The second kappa shape index (κ2) is 10.8. The first-order valence-corrected chi connectivity index (χ1v) is 12.4. The molecule has 3 aromatic carbocycles. The van der Waals surface area contributed by atoms with E-state index < -0.39 is 11.6 Å². The maximum Gasteiger partial charge on any atom is 0.247 e. The molecule has 1 heterocycles. The number of para-hydroxylation sites is 1. The predicted octanol–water partition coefficient (Wildman–Crippen LogP) is 4.52. The molecule has 1 aromatic heterocycles. The van der Waals surface area contributed by atoms with E-state index in [4.69, 9.17) is 0 Å². The molecule has 2 N–H and O–H groups in total. The van der Waals surface area contributed by atoms with Gasteiger partial charge in [-0.05, 0) is 62.6 Å². The number of benzene rings is 3. The molecular formula is C29H33N5O3. The Morgan fingerprint density at radius 1 is 1.03 bits per heavy atom. The minimum absolute atomic E-state index is 0.0780. The smallest absolute Gasteiger partial charge is 0.247 e. The summed E-state index contributed by atoms with van der Waals surface area (Å²) in [5.74, 6) is -0.484. The summed E-state index contributed by atoms with van der Waals surface area (Å²) in [6.07, 6.45) is 0.720. The number of aromatic nitrogens is 3. The van der Waals surface area contributed by atoms with Crippen LogP contribution in [0.25, 0.3) is 11.0 Å². The van der Waals surface area contributed by atoms with Crippen molar-refractivity contribution in [2.45, 2.75) is 58.8 Å². The molecule has 0 saturated carbocycles. The molecule has 0 radical (unpaired) electrons. The van der Waals surface area contributed by atoms with Gasteiger partial charge in [-0.3, -0.25) is 9.59 Å². The van der Waals surface area contributed by atoms with Gasteiger partial charge >= 0.3 is 0 Å². The molecule has 2 amide bonds. The third kappa shape index (κ3) is 6.14. The van der Waals surface area contributed by atoms with E-state index in [1.165, 1.54) is 12.1 Å². The standard InChI is InChI=1S/C29H33N5O3/c1-5-29(3,4)30-28(37)27(22-14-16-23(35)17-15-22)33(18-21-12-10-20(2)11-13-21)26(36)19-34-25-9-7-6-8-24(25)31-32-34/h6-17,27,35H,5,18-19H2,1-4H3,(H,30,37)/t27-/m1/s1. The average Bonchev–Trinajstić information content (AvgIpc) is 3.28. The van der Waals surface area contributed by atoms with Crippen molar-refractivity contribution >= 4 is 22.8 Å². The monoisotopic (exact) mass is 499 g/mol. The maximum absolute atomic E-state index is 14.0. The Labute approximate surface area is 216 Å². The summed E-state index contributed by atoms with van der Waals surface area (Å²) < 4.78 is 1.56. The number of fused-ring (bicyclic) bond motifs is 1. The number of phenolic OH excluding ortho intramolecular Hbond substituents is 1. The van der Waals surface area contributed by atoms with E-state index in [-0.39, 0.29) is 30.7 Å². The van der Waals surface area contributed by atoms with Gasteiger partial charge in [0.05, 0.1) is 5.52 Å². The van der Waals surface area contributed by atoms with Crippen LogP contribution in [0.2, 0.25) is 0 Å². The van der Waals surface area contributed by atoms with Crippen molar-refractivity contribution < 1.29 is 14.7 Å². The Balaban J connectivity index is 1.76. The molecule has 4 aromatic rings. The summed E-state index contributed by atoms with van der Waals surface area (Å²) in [4.78, 5) is 29.3. The summed E-state index contributed by atoms with van der Waals surface area (Å²) in [5.41, 5.74) is 3.57. The highest BCUT2D eigenvalue weighted by molar-refractivity contribution is 5.89. The first-order valence-electron chi connectivity index (χ1n) is 12.4. The van der Waals surface area contributed by atoms with Crippen LogP contribution in [0.3, 0.4) is 0 Å². The molecule has 1 atom stereocenters. The van der Waals surface area contributed by atoms with Gasteiger partial charge in [-0.1, -0.05) is 66.2 Å². The fourth-order valence-electron chi connectivity index (χ4n) is 4.09. The van der Waals surface area contributed by atoms with Gasteiger partial charge < -0.3 is 15.3 Å². The van der Waals surface area contributed by atoms with Crippen molar-refractivity contribution in [3.63, 3.8) is 0 Å². The number of amides is 2. The maximum atomic E-state index is 14.0. The molecule has 0 aliphatic carbocycles. The van der Waals surface area contributed by atoms with Gasteiger partial charge in [0.25, 0.3) is 0 Å². The molecule has 0 fully saturated rings. The topological polar surface area (TPSA) is 100 Å². The van der Waals surface area contributed by atoms with Gasteiger partial charge in [-0.2, -0.15) is 0 Å². The number of hydrogen-bond acceptors (Lipinski definition) is 5. The van der Waals surface area contributed by atoms with Crippen LogP contribution in [0.1, 0.15) is 49.9 Å². The van der Waals surface area contributed by atoms with Crippen LogP contribution >= 0.6 is 0 Å². The lowest BCUT2D eigenvalue weighted by Crippen LogP contribution is -2.50. The molecule has 4 rings (SSSR count). The van der Waals surface area contributed by atoms with Crippen molar-refractivity contribution in [2.24, 2.45) is 0 Å². The van der Waals surface area contributed by atoms with Gasteiger partial charge in [0.2, 0.25) is 11.8 Å². The van der Waals surface area contributed by atoms with Crippen molar-refractivity contribution in [1.29, 1.82) is 0 Å². The molecule has 0 aliphatic heterocycles. The normalized spacial score (nSPS) is 12.3. The van der Waals surface area contributed by atoms with E-state index in [1.54, 1.807) is 21.7 Å². The zero-order chi connectivity index (χ0) is 26.6. The minimum atomic E-state index is -0.921. The third-order valence-corrected chi connectivity index (χ3v) is 6.61. The fraction of sp³-hybridized carbons (Fsp3) is 0.310. The van der Waals surface area contributed by atoms with Gasteiger partial charge in [0, 0.05) is 12.1 Å². The van der Waals surface area contributed by atoms with Crippen molar-refractivity contribution in [3.05, 3.63) is 89.5 Å². The summed E-state index contributed by atoms with van der Waals surface area (Å²) in [6.45, 7) is 8.05. The Kier molecular flexibility index (Phi) is 7.57. The lowest BCUT2D eigenvalue weighted by Gasteiger charge is -2.34. The largest absolute Gasteiger partial charge is 0.508 e. The number of nitrogens with one attached hydrogen (secondary N) is 1. The number of aromatic hydroxyl groups is 1. The lowest BCUT2D eigenvalue weighted by atomic mass is 9.98. The Bertz CT molecular complexity index is 1380. The molecule has 0 bridgehead atoms. The van der Waals surface area contributed by atoms with E-state index in [2.05, 4.69) is 15.6 Å². The first kappa shape index (κ1) is 25.9. The van der Waals surface area contributed by atoms with Gasteiger partial charge in [-0.25, -0.2) is 4.68 Å². The second-order valence-corrected chi connectivity index (χ2v) is 9.96. The number of carbonyl (C=O) groups is 2. The Hall–Kier alpha value is -4.20. The molecule has 8 nitrogen and oxygen atoms in total. The number of phenols is 1. The van der Waals surface area contributed by atoms with Gasteiger partial charge in [0.15, 0.2) is 0 Å². The zero-order valence-electron chi connectivity index (χ0n) is 21.7. The lowest BCUT2D eigenvalue weighted by molar-refractivity contribution is -0.143. The van der Waals surface area contributed by atoms with Crippen molar-refractivity contribution in [3.8, 4) is 5.75 Å². The predicted molar refractivity (Wildman–Crippen MR) is 143 cm³/mol. The molecule has 0 saturated heterocycles. The first-order chi connectivity index (χ1) is 17.7. The number of rotatable bonds is 9. The molecule has 8 heteroatoms. The summed E-state index contributed by atoms with van der Waals surface area (Å²) >= 11 is 0. The highest BCUT2D eigenvalue weighted by Gasteiger charge is 2.34. The van der Waals surface area contributed by atoms with E-state index in [0.29, 0.717) is 11.1 Å². The molecule has 192 valence electrons. The summed E-state index contributed by atoms with van der Waals surface area (Å²) in [6, 6.07) is 20.8. The summed E-state index contributed by atoms with van der Waals surface area (Å²) in [7, 11) is 0. The highest BCUT2D eigenvalue weighted by atomic mass is 16.3. The third-order valence-electron chi connectivity index (χ3n) is 6.61. The fourth-order valence-corrected chi connectivity index (χ4v) is 4.09. The highest BCUT2D eigenvalue weighted by Crippen LogP contribution is 2.27. The molecule has 0 aliphatic rings. The van der Waals surface area contributed by atoms with Crippen LogP contribution < -0.4 is 5.32 Å². The van der Waals surface area contributed by atoms with Crippen LogP contribution in [-0.2, 0) is 22.7 Å². The van der Waals surface area contributed by atoms with Crippen LogP contribution in [-0.4, -0.2) is 42.4 Å². The molecule has 0 unspecified atom stereocenters. The number of hydrogen-bond donors (Lipinski definition) is 2. The quantitative estimate of drug-likeness (QED) is 0.353. The molecular weight excluding hydrogens is 466 g/mol.